The van der Waals surface area contributed by atoms with Crippen molar-refractivity contribution in [3.05, 3.63) is 42.6 Å². The molecule has 2 fully saturated rings. The number of rotatable bonds is 7. The Hall–Kier alpha value is -3.04. The molecule has 9 nitrogen and oxygen atoms in total. The number of anilines is 2. The summed E-state index contributed by atoms with van der Waals surface area (Å²) in [6.45, 7) is 3.71. The van der Waals surface area contributed by atoms with Crippen LogP contribution in [0, 0.1) is 0 Å². The molecule has 3 aromatic rings. The molecule has 0 unspecified atom stereocenters. The molecule has 1 aliphatic carbocycles. The van der Waals surface area contributed by atoms with Gasteiger partial charge in [-0.25, -0.2) is 15.0 Å². The number of ether oxygens (including phenoxy) is 3. The Bertz CT molecular complexity index is 1070. The zero-order chi connectivity index (χ0) is 22.5. The molecule has 0 bridgehead atoms. The van der Waals surface area contributed by atoms with E-state index in [1.165, 1.54) is 0 Å². The molecular weight excluding hydrogens is 420 g/mol. The maximum Gasteiger partial charge on any atom is 0.149 e. The molecule has 0 radical (unpaired) electrons. The second-order valence-electron chi connectivity index (χ2n) is 8.53. The summed E-state index contributed by atoms with van der Waals surface area (Å²) in [5.74, 6) is 1.67. The van der Waals surface area contributed by atoms with E-state index < -0.39 is 0 Å². The lowest BCUT2D eigenvalue weighted by Gasteiger charge is -2.31. The van der Waals surface area contributed by atoms with Gasteiger partial charge in [-0.1, -0.05) is 0 Å². The Balaban J connectivity index is 1.25. The number of hydrogen-bond acceptors (Lipinski definition) is 9. The van der Waals surface area contributed by atoms with Crippen LogP contribution in [0.1, 0.15) is 31.4 Å². The molecular formula is C24H30N6O3. The summed E-state index contributed by atoms with van der Waals surface area (Å²) in [6.07, 6.45) is 9.17. The van der Waals surface area contributed by atoms with Crippen LogP contribution in [0.25, 0.3) is 11.0 Å². The molecule has 2 aliphatic rings. The largest absolute Gasteiger partial charge is 0.488 e. The summed E-state index contributed by atoms with van der Waals surface area (Å²) in [7, 11) is 1.67. The number of aromatic nitrogens is 4. The molecule has 2 aromatic heterocycles. The van der Waals surface area contributed by atoms with Gasteiger partial charge in [0.05, 0.1) is 37.1 Å². The van der Waals surface area contributed by atoms with Crippen molar-refractivity contribution in [1.82, 2.24) is 19.9 Å². The number of fused-ring (bicyclic) bond motifs is 1. The Morgan fingerprint density at radius 3 is 2.64 bits per heavy atom. The molecule has 174 valence electrons. The van der Waals surface area contributed by atoms with Crippen molar-refractivity contribution >= 4 is 22.5 Å². The van der Waals surface area contributed by atoms with Gasteiger partial charge in [-0.3, -0.25) is 4.98 Å². The van der Waals surface area contributed by atoms with Crippen molar-refractivity contribution in [2.75, 3.05) is 43.6 Å². The zero-order valence-corrected chi connectivity index (χ0v) is 18.9. The fraction of sp³-hybridized carbons (Fsp3) is 0.500. The minimum atomic E-state index is 0.155. The summed E-state index contributed by atoms with van der Waals surface area (Å²) in [6, 6.07) is 6.53. The minimum absolute atomic E-state index is 0.155. The van der Waals surface area contributed by atoms with Crippen molar-refractivity contribution < 1.29 is 14.2 Å². The average Bonchev–Trinajstić information content (AvgIpc) is 2.86. The van der Waals surface area contributed by atoms with Crippen molar-refractivity contribution in [2.24, 2.45) is 0 Å². The lowest BCUT2D eigenvalue weighted by atomic mass is 9.93. The van der Waals surface area contributed by atoms with Gasteiger partial charge in [0.25, 0.3) is 0 Å². The van der Waals surface area contributed by atoms with E-state index in [1.54, 1.807) is 25.8 Å². The molecule has 1 aliphatic heterocycles. The Kier molecular flexibility index (Phi) is 6.78. The normalized spacial score (nSPS) is 21.2. The van der Waals surface area contributed by atoms with Gasteiger partial charge in [0, 0.05) is 56.5 Å². The van der Waals surface area contributed by atoms with E-state index in [0.717, 1.165) is 86.0 Å². The standard InChI is InChI=1S/C24H30N6O3/c1-31-15-18-12-23(28-16-27-18)29-17-2-4-20(5-3-17)33-22-14-19(30-8-10-32-11-9-30)13-21-24(22)26-7-6-25-21/h6-7,12-14,16-17,20H,2-5,8-11,15H2,1H3,(H,27,28,29). The maximum atomic E-state index is 6.52. The molecule has 0 spiro atoms. The molecule has 0 atom stereocenters. The molecule has 9 heteroatoms. The third kappa shape index (κ3) is 5.31. The highest BCUT2D eigenvalue weighted by molar-refractivity contribution is 5.85. The molecule has 33 heavy (non-hydrogen) atoms. The molecule has 1 saturated carbocycles. The molecule has 0 amide bonds. The van der Waals surface area contributed by atoms with Crippen LogP contribution >= 0.6 is 0 Å². The summed E-state index contributed by atoms with van der Waals surface area (Å²) in [5.41, 5.74) is 3.68. The van der Waals surface area contributed by atoms with Crippen LogP contribution < -0.4 is 15.0 Å². The minimum Gasteiger partial charge on any atom is -0.488 e. The lowest BCUT2D eigenvalue weighted by Crippen LogP contribution is -2.36. The first-order valence-electron chi connectivity index (χ1n) is 11.6. The van der Waals surface area contributed by atoms with Crippen LogP contribution in [-0.2, 0) is 16.1 Å². The first-order valence-corrected chi connectivity index (χ1v) is 11.6. The number of nitrogens with one attached hydrogen (secondary N) is 1. The Labute approximate surface area is 193 Å². The van der Waals surface area contributed by atoms with Crippen molar-refractivity contribution in [3.63, 3.8) is 0 Å². The summed E-state index contributed by atoms with van der Waals surface area (Å²) in [5, 5.41) is 3.54. The predicted molar refractivity (Wildman–Crippen MR) is 126 cm³/mol. The highest BCUT2D eigenvalue weighted by Crippen LogP contribution is 2.33. The maximum absolute atomic E-state index is 6.52. The van der Waals surface area contributed by atoms with Gasteiger partial charge >= 0.3 is 0 Å². The van der Waals surface area contributed by atoms with E-state index in [-0.39, 0.29) is 6.10 Å². The first kappa shape index (κ1) is 21.8. The van der Waals surface area contributed by atoms with Crippen LogP contribution in [0.4, 0.5) is 11.5 Å². The average molecular weight is 451 g/mol. The fourth-order valence-electron chi connectivity index (χ4n) is 4.54. The second kappa shape index (κ2) is 10.3. The highest BCUT2D eigenvalue weighted by Gasteiger charge is 2.24. The van der Waals surface area contributed by atoms with E-state index in [0.29, 0.717) is 12.6 Å². The fourth-order valence-corrected chi connectivity index (χ4v) is 4.54. The van der Waals surface area contributed by atoms with Crippen molar-refractivity contribution in [2.45, 2.75) is 44.4 Å². The van der Waals surface area contributed by atoms with Gasteiger partial charge in [-0.05, 0) is 31.7 Å². The predicted octanol–water partition coefficient (Wildman–Crippen LogP) is 3.20. The van der Waals surface area contributed by atoms with E-state index in [9.17, 15) is 0 Å². The third-order valence-corrected chi connectivity index (χ3v) is 6.24. The molecule has 3 heterocycles. The molecule has 1 N–H and O–H groups in total. The van der Waals surface area contributed by atoms with Gasteiger partial charge in [0.15, 0.2) is 0 Å². The highest BCUT2D eigenvalue weighted by atomic mass is 16.5. The SMILES string of the molecule is COCc1cc(NC2CCC(Oc3cc(N4CCOCC4)cc4nccnc34)CC2)ncn1. The van der Waals surface area contributed by atoms with Gasteiger partial charge in [0.1, 0.15) is 23.4 Å². The molecule has 1 aromatic carbocycles. The number of morpholine rings is 1. The first-order chi connectivity index (χ1) is 16.3. The van der Waals surface area contributed by atoms with E-state index in [2.05, 4.69) is 42.3 Å². The van der Waals surface area contributed by atoms with Crippen LogP contribution in [0.2, 0.25) is 0 Å². The van der Waals surface area contributed by atoms with Crippen molar-refractivity contribution in [1.29, 1.82) is 0 Å². The number of hydrogen-bond donors (Lipinski definition) is 1. The van der Waals surface area contributed by atoms with E-state index >= 15 is 0 Å². The van der Waals surface area contributed by atoms with Crippen LogP contribution in [0.15, 0.2) is 36.9 Å². The van der Waals surface area contributed by atoms with Crippen molar-refractivity contribution in [3.8, 4) is 5.75 Å². The number of methoxy groups -OCH3 is 1. The molecule has 1 saturated heterocycles. The topological polar surface area (TPSA) is 94.5 Å². The van der Waals surface area contributed by atoms with Gasteiger partial charge < -0.3 is 24.4 Å². The van der Waals surface area contributed by atoms with Crippen LogP contribution in [0.5, 0.6) is 5.75 Å². The number of benzene rings is 1. The quantitative estimate of drug-likeness (QED) is 0.582. The van der Waals surface area contributed by atoms with Gasteiger partial charge in [-0.2, -0.15) is 0 Å². The second-order valence-corrected chi connectivity index (χ2v) is 8.53. The summed E-state index contributed by atoms with van der Waals surface area (Å²) in [4.78, 5) is 20.0. The summed E-state index contributed by atoms with van der Waals surface area (Å²) >= 11 is 0. The van der Waals surface area contributed by atoms with Crippen LogP contribution in [0.3, 0.4) is 0 Å². The lowest BCUT2D eigenvalue weighted by molar-refractivity contribution is 0.122. The van der Waals surface area contributed by atoms with E-state index in [1.807, 2.05) is 6.07 Å². The van der Waals surface area contributed by atoms with Gasteiger partial charge in [-0.15, -0.1) is 0 Å². The third-order valence-electron chi connectivity index (χ3n) is 6.24. The summed E-state index contributed by atoms with van der Waals surface area (Å²) < 4.78 is 17.2. The zero-order valence-electron chi connectivity index (χ0n) is 18.9. The number of nitrogens with zero attached hydrogens (tertiary/aromatic N) is 5. The van der Waals surface area contributed by atoms with E-state index in [4.69, 9.17) is 14.2 Å². The molecule has 5 rings (SSSR count). The Morgan fingerprint density at radius 2 is 1.82 bits per heavy atom. The Morgan fingerprint density at radius 1 is 1.00 bits per heavy atom. The smallest absolute Gasteiger partial charge is 0.149 e. The van der Waals surface area contributed by atoms with Gasteiger partial charge in [0.2, 0.25) is 0 Å². The van der Waals surface area contributed by atoms with Crippen LogP contribution in [-0.4, -0.2) is 65.5 Å². The monoisotopic (exact) mass is 450 g/mol.